The molecule has 6 aromatic heterocycles. The fourth-order valence-electron chi connectivity index (χ4n) is 12.3. The fourth-order valence-corrected chi connectivity index (χ4v) is 12.4. The normalized spacial score (nSPS) is 20.6. The molecule has 6 aliphatic rings. The van der Waals surface area contributed by atoms with Gasteiger partial charge in [-0.1, -0.05) is 25.7 Å². The molecule has 2 saturated carbocycles. The Balaban J connectivity index is 0.000000151. The van der Waals surface area contributed by atoms with Crippen LogP contribution >= 0.6 is 11.6 Å². The van der Waals surface area contributed by atoms with Gasteiger partial charge in [0.05, 0.1) is 35.9 Å². The largest absolute Gasteiger partial charge is 0.444 e. The first-order valence-corrected chi connectivity index (χ1v) is 28.7. The van der Waals surface area contributed by atoms with Crippen molar-refractivity contribution >= 4 is 86.6 Å². The van der Waals surface area contributed by atoms with Gasteiger partial charge in [-0.15, -0.1) is 0 Å². The molecule has 3 N–H and O–H groups in total. The van der Waals surface area contributed by atoms with Gasteiger partial charge in [0.1, 0.15) is 45.5 Å². The lowest BCUT2D eigenvalue weighted by atomic mass is 10.2. The standard InChI is InChI=1S/C29H38N8O3.C15H22N4O2.C14H17ClN4O/c1-29(2,3)40-28(39)36-17-21-13-22(36)16-35(21)20-10-11-24(30-15-20)32-27-31-14-18-12-23(26(38)34(4)5)37(25(18)33-27)19-8-6-7-9-19;1-15(2,3)21-14(20)19-9-11-6-12(19)8-18(11)10-4-5-13(16)17-7-10;1-18(2)13(20)11-7-9-8-16-14(15)17-12(9)19(11)10-5-3-4-6-10/h10-12,14-15,19,21-22H,6-9,13,16-17H2,1-5H3,(H,30,31,32,33);4-5,7,11-12H,6,8-9H2,1-3H3,(H2,16,17);7-8,10H,3-6H2,1-2H3. The van der Waals surface area contributed by atoms with Gasteiger partial charge < -0.3 is 59.1 Å². The number of halogens is 1. The van der Waals surface area contributed by atoms with E-state index in [1.54, 1.807) is 56.6 Å². The number of nitrogens with two attached hydrogens (primary N) is 1. The Morgan fingerprint density at radius 1 is 0.580 bits per heavy atom. The molecule has 22 nitrogen and oxygen atoms in total. The number of ether oxygens (including phenoxy) is 2. The second-order valence-electron chi connectivity index (χ2n) is 24.6. The number of hydrogen-bond acceptors (Lipinski definition) is 16. The summed E-state index contributed by atoms with van der Waals surface area (Å²) >= 11 is 5.92. The number of hydrogen-bond donors (Lipinski definition) is 2. The number of nitrogens with one attached hydrogen (secondary N) is 1. The van der Waals surface area contributed by atoms with E-state index in [4.69, 9.17) is 31.8 Å². The zero-order valence-corrected chi connectivity index (χ0v) is 49.1. The third-order valence-corrected chi connectivity index (χ3v) is 16.1. The van der Waals surface area contributed by atoms with E-state index in [1.165, 1.54) is 12.8 Å². The number of fused-ring (bicyclic) bond motifs is 6. The summed E-state index contributed by atoms with van der Waals surface area (Å²) in [5.41, 5.74) is 9.65. The summed E-state index contributed by atoms with van der Waals surface area (Å²) in [7, 11) is 7.07. The molecule has 23 heteroatoms. The summed E-state index contributed by atoms with van der Waals surface area (Å²) in [6.07, 6.45) is 17.6. The Hall–Kier alpha value is -7.49. The molecule has 6 aromatic rings. The summed E-state index contributed by atoms with van der Waals surface area (Å²) < 4.78 is 15.2. The molecule has 4 bridgehead atoms. The average molecular weight is 1130 g/mol. The highest BCUT2D eigenvalue weighted by molar-refractivity contribution is 6.28. The molecule has 2 aliphatic carbocycles. The third-order valence-electron chi connectivity index (χ3n) is 15.9. The van der Waals surface area contributed by atoms with Gasteiger partial charge in [-0.25, -0.2) is 29.5 Å². The van der Waals surface area contributed by atoms with Gasteiger partial charge in [-0.2, -0.15) is 9.97 Å². The third kappa shape index (κ3) is 12.4. The van der Waals surface area contributed by atoms with E-state index in [9.17, 15) is 19.2 Å². The molecule has 0 aromatic carbocycles. The number of rotatable bonds is 8. The molecule has 6 fully saturated rings. The quantitative estimate of drug-likeness (QED) is 0.135. The van der Waals surface area contributed by atoms with Crippen molar-refractivity contribution in [3.05, 3.63) is 77.9 Å². The topological polar surface area (TPSA) is 231 Å². The number of likely N-dealkylation sites (tertiary alicyclic amines) is 2. The van der Waals surface area contributed by atoms with Crippen LogP contribution in [0, 0.1) is 0 Å². The second-order valence-corrected chi connectivity index (χ2v) is 24.9. The first-order chi connectivity index (χ1) is 38.5. The number of anilines is 5. The van der Waals surface area contributed by atoms with Crippen molar-refractivity contribution in [3.8, 4) is 0 Å². The van der Waals surface area contributed by atoms with E-state index in [0.29, 0.717) is 54.1 Å². The SMILES string of the molecule is CC(C)(C)OC(=O)N1CC2CC1CN2c1ccc(N)nc1.CN(C)C(=O)c1cc2cnc(Cl)nc2n1C1CCCC1.CN(C)C(=O)c1cc2cnc(Nc3ccc(N4CC5CC4CN5C(=O)OC(C)(C)C)cn3)nc2n1C1CCCC1. The molecule has 0 spiro atoms. The van der Waals surface area contributed by atoms with Crippen molar-refractivity contribution < 1.29 is 28.7 Å². The van der Waals surface area contributed by atoms with E-state index in [0.717, 1.165) is 97.9 Å². The van der Waals surface area contributed by atoms with Crippen molar-refractivity contribution in [3.63, 3.8) is 0 Å². The Morgan fingerprint density at radius 2 is 1.04 bits per heavy atom. The van der Waals surface area contributed by atoms with Gasteiger partial charge in [0, 0.05) is 102 Å². The van der Waals surface area contributed by atoms with Crippen LogP contribution in [-0.4, -0.2) is 172 Å². The average Bonchev–Trinajstić information content (AvgIpc) is 4.50. The predicted molar refractivity (Wildman–Crippen MR) is 312 cm³/mol. The van der Waals surface area contributed by atoms with Crippen LogP contribution in [0.25, 0.3) is 22.1 Å². The lowest BCUT2D eigenvalue weighted by molar-refractivity contribution is 0.0204. The monoisotopic (exact) mass is 1130 g/mol. The maximum absolute atomic E-state index is 13.0. The van der Waals surface area contributed by atoms with Gasteiger partial charge in [0.2, 0.25) is 11.2 Å². The molecular formula is C58H77ClN16O6. The molecular weight excluding hydrogens is 1050 g/mol. The summed E-state index contributed by atoms with van der Waals surface area (Å²) in [5.74, 6) is 1.58. The van der Waals surface area contributed by atoms with Gasteiger partial charge in [-0.3, -0.25) is 9.59 Å². The molecule has 4 saturated heterocycles. The number of nitrogen functional groups attached to an aromatic ring is 1. The van der Waals surface area contributed by atoms with Gasteiger partial charge >= 0.3 is 12.2 Å². The Kier molecular flexibility index (Phi) is 16.0. The lowest BCUT2D eigenvalue weighted by Gasteiger charge is -2.36. The van der Waals surface area contributed by atoms with Crippen LogP contribution in [0.4, 0.5) is 38.5 Å². The van der Waals surface area contributed by atoms with Crippen LogP contribution in [0.15, 0.2) is 61.2 Å². The van der Waals surface area contributed by atoms with Gasteiger partial charge in [0.15, 0.2) is 0 Å². The van der Waals surface area contributed by atoms with Crippen LogP contribution in [0.2, 0.25) is 5.28 Å². The molecule has 81 heavy (non-hydrogen) atoms. The van der Waals surface area contributed by atoms with Crippen LogP contribution < -0.4 is 20.9 Å². The number of piperazine rings is 2. The van der Waals surface area contributed by atoms with Crippen LogP contribution in [0.1, 0.15) is 139 Å². The summed E-state index contributed by atoms with van der Waals surface area (Å²) in [6.45, 7) is 14.3. The molecule has 4 atom stereocenters. The molecule has 4 aliphatic heterocycles. The van der Waals surface area contributed by atoms with E-state index in [-0.39, 0.29) is 53.5 Å². The minimum atomic E-state index is -0.495. The molecule has 432 valence electrons. The number of carbonyl (C=O) groups is 4. The van der Waals surface area contributed by atoms with Crippen molar-refractivity contribution in [2.45, 2.75) is 153 Å². The summed E-state index contributed by atoms with van der Waals surface area (Å²) in [6, 6.07) is 13.1. The van der Waals surface area contributed by atoms with Crippen molar-refractivity contribution in [1.29, 1.82) is 0 Å². The zero-order chi connectivity index (χ0) is 57.7. The molecule has 0 radical (unpaired) electrons. The van der Waals surface area contributed by atoms with Gasteiger partial charge in [-0.05, 0) is 128 Å². The molecule has 10 heterocycles. The number of amides is 4. The van der Waals surface area contributed by atoms with Gasteiger partial charge in [0.25, 0.3) is 11.8 Å². The highest BCUT2D eigenvalue weighted by atomic mass is 35.5. The minimum Gasteiger partial charge on any atom is -0.444 e. The van der Waals surface area contributed by atoms with Crippen molar-refractivity contribution in [2.24, 2.45) is 0 Å². The van der Waals surface area contributed by atoms with Crippen LogP contribution in [0.5, 0.6) is 0 Å². The maximum atomic E-state index is 13.0. The Morgan fingerprint density at radius 3 is 1.44 bits per heavy atom. The number of aromatic nitrogens is 8. The molecule has 4 amide bonds. The maximum Gasteiger partial charge on any atom is 0.410 e. The summed E-state index contributed by atoms with van der Waals surface area (Å²) in [4.78, 5) is 88.1. The smallest absolute Gasteiger partial charge is 0.410 e. The van der Waals surface area contributed by atoms with E-state index < -0.39 is 11.2 Å². The van der Waals surface area contributed by atoms with E-state index in [1.807, 2.05) is 93.9 Å². The highest BCUT2D eigenvalue weighted by Gasteiger charge is 2.48. The number of nitrogens with zero attached hydrogens (tertiary/aromatic N) is 14. The molecule has 12 rings (SSSR count). The molecule has 4 unspecified atom stereocenters. The second kappa shape index (κ2) is 22.8. The summed E-state index contributed by atoms with van der Waals surface area (Å²) in [5, 5.41) is 5.19. The predicted octanol–water partition coefficient (Wildman–Crippen LogP) is 9.35. The lowest BCUT2D eigenvalue weighted by Crippen LogP contribution is -2.50. The fraction of sp³-hybridized carbons (Fsp3) is 0.552. The van der Waals surface area contributed by atoms with E-state index in [2.05, 4.69) is 49.2 Å². The Labute approximate surface area is 478 Å². The number of pyridine rings is 2. The first kappa shape index (κ1) is 56.8. The number of carbonyl (C=O) groups excluding carboxylic acids is 4. The van der Waals surface area contributed by atoms with Crippen molar-refractivity contribution in [1.82, 2.24) is 58.6 Å². The van der Waals surface area contributed by atoms with Crippen LogP contribution in [-0.2, 0) is 9.47 Å². The van der Waals surface area contributed by atoms with Crippen LogP contribution in [0.3, 0.4) is 0 Å². The van der Waals surface area contributed by atoms with E-state index >= 15 is 0 Å². The Bertz CT molecular complexity index is 3270. The highest BCUT2D eigenvalue weighted by Crippen LogP contribution is 2.39. The van der Waals surface area contributed by atoms with Crippen molar-refractivity contribution in [2.75, 3.05) is 75.2 Å². The minimum absolute atomic E-state index is 0.00831. The first-order valence-electron chi connectivity index (χ1n) is 28.3. The zero-order valence-electron chi connectivity index (χ0n) is 48.3.